The Balaban J connectivity index is 1.54. The Morgan fingerprint density at radius 3 is 2.59 bits per heavy atom. The number of hydrogen-bond acceptors (Lipinski definition) is 4. The quantitative estimate of drug-likeness (QED) is 0.855. The average molecular weight is 386 g/mol. The summed E-state index contributed by atoms with van der Waals surface area (Å²) in [6.45, 7) is 0.502. The van der Waals surface area contributed by atoms with E-state index in [-0.39, 0.29) is 28.8 Å². The molecule has 0 aromatic heterocycles. The highest BCUT2D eigenvalue weighted by Crippen LogP contribution is 2.41. The lowest BCUT2D eigenvalue weighted by molar-refractivity contribution is 0.0917. The average Bonchev–Trinajstić information content (AvgIpc) is 3.29. The van der Waals surface area contributed by atoms with E-state index >= 15 is 0 Å². The van der Waals surface area contributed by atoms with Crippen molar-refractivity contribution in [2.24, 2.45) is 5.92 Å². The SMILES string of the molecule is COc1cccc(S(=O)(=O)N2C[C@@H]3C[C@H](NC(=O)c4ccccc4)[C@H]2C3)c1. The third-order valence-electron chi connectivity index (χ3n) is 5.43. The smallest absolute Gasteiger partial charge is 0.251 e. The molecule has 1 aliphatic heterocycles. The van der Waals surface area contributed by atoms with Gasteiger partial charge in [0.15, 0.2) is 0 Å². The third-order valence-corrected chi connectivity index (χ3v) is 7.32. The van der Waals surface area contributed by atoms with Crippen LogP contribution in [0, 0.1) is 5.92 Å². The van der Waals surface area contributed by atoms with Crippen LogP contribution in [0.1, 0.15) is 23.2 Å². The minimum Gasteiger partial charge on any atom is -0.497 e. The fourth-order valence-electron chi connectivity index (χ4n) is 4.15. The second-order valence-electron chi connectivity index (χ2n) is 7.10. The number of benzene rings is 2. The molecule has 0 radical (unpaired) electrons. The molecule has 0 unspecified atom stereocenters. The summed E-state index contributed by atoms with van der Waals surface area (Å²) < 4.78 is 33.0. The number of hydrogen-bond donors (Lipinski definition) is 1. The Hall–Kier alpha value is -2.38. The Morgan fingerprint density at radius 2 is 1.89 bits per heavy atom. The van der Waals surface area contributed by atoms with E-state index in [1.807, 2.05) is 18.2 Å². The first-order valence-electron chi connectivity index (χ1n) is 9.01. The van der Waals surface area contributed by atoms with E-state index in [1.165, 1.54) is 7.11 Å². The molecule has 6 nitrogen and oxygen atoms in total. The molecule has 2 aromatic rings. The van der Waals surface area contributed by atoms with Crippen molar-refractivity contribution >= 4 is 15.9 Å². The van der Waals surface area contributed by atoms with Crippen molar-refractivity contribution in [1.29, 1.82) is 0 Å². The molecule has 0 spiro atoms. The van der Waals surface area contributed by atoms with Crippen LogP contribution in [0.15, 0.2) is 59.5 Å². The van der Waals surface area contributed by atoms with Crippen LogP contribution in [0.2, 0.25) is 0 Å². The molecule has 1 amide bonds. The van der Waals surface area contributed by atoms with E-state index in [2.05, 4.69) is 5.32 Å². The lowest BCUT2D eigenvalue weighted by Gasteiger charge is -2.33. The van der Waals surface area contributed by atoms with Crippen molar-refractivity contribution in [2.75, 3.05) is 13.7 Å². The summed E-state index contributed by atoms with van der Waals surface area (Å²) in [6.07, 6.45) is 1.59. The van der Waals surface area contributed by atoms with Crippen molar-refractivity contribution in [1.82, 2.24) is 9.62 Å². The van der Waals surface area contributed by atoms with Gasteiger partial charge >= 0.3 is 0 Å². The van der Waals surface area contributed by atoms with Crippen LogP contribution >= 0.6 is 0 Å². The monoisotopic (exact) mass is 386 g/mol. The van der Waals surface area contributed by atoms with Crippen molar-refractivity contribution in [3.05, 3.63) is 60.2 Å². The van der Waals surface area contributed by atoms with E-state index in [1.54, 1.807) is 40.7 Å². The number of carbonyl (C=O) groups excluding carboxylic acids is 1. The predicted molar refractivity (Wildman–Crippen MR) is 101 cm³/mol. The molecule has 1 aliphatic carbocycles. The van der Waals surface area contributed by atoms with Gasteiger partial charge in [0, 0.05) is 30.3 Å². The second kappa shape index (κ2) is 6.98. The van der Waals surface area contributed by atoms with E-state index in [0.717, 1.165) is 12.8 Å². The Labute approximate surface area is 159 Å². The fraction of sp³-hybridized carbons (Fsp3) is 0.350. The standard InChI is InChI=1S/C20H22N2O4S/c1-26-16-8-5-9-17(12-16)27(24,25)22-13-14-10-18(19(22)11-14)21-20(23)15-6-3-2-4-7-15/h2-9,12,14,18-19H,10-11,13H2,1H3,(H,21,23)/t14-,18+,19-/m1/s1. The molecule has 2 aromatic carbocycles. The molecular formula is C20H22N2O4S. The summed E-state index contributed by atoms with van der Waals surface area (Å²) >= 11 is 0. The molecule has 1 saturated carbocycles. The van der Waals surface area contributed by atoms with Gasteiger partial charge in [0.2, 0.25) is 10.0 Å². The summed E-state index contributed by atoms with van der Waals surface area (Å²) in [4.78, 5) is 12.7. The van der Waals surface area contributed by atoms with Gasteiger partial charge in [0.05, 0.1) is 12.0 Å². The highest BCUT2D eigenvalue weighted by molar-refractivity contribution is 7.89. The Kier molecular flexibility index (Phi) is 4.65. The number of nitrogens with one attached hydrogen (secondary N) is 1. The molecule has 27 heavy (non-hydrogen) atoms. The normalized spacial score (nSPS) is 24.7. The van der Waals surface area contributed by atoms with Gasteiger partial charge in [0.1, 0.15) is 5.75 Å². The van der Waals surface area contributed by atoms with E-state index in [0.29, 0.717) is 17.9 Å². The van der Waals surface area contributed by atoms with Gasteiger partial charge in [-0.3, -0.25) is 4.79 Å². The minimum absolute atomic E-state index is 0.160. The fourth-order valence-corrected chi connectivity index (χ4v) is 5.93. The molecule has 3 atom stereocenters. The number of rotatable bonds is 5. The summed E-state index contributed by atoms with van der Waals surface area (Å²) in [5.41, 5.74) is 0.586. The lowest BCUT2D eigenvalue weighted by Crippen LogP contribution is -2.51. The zero-order chi connectivity index (χ0) is 19.0. The number of fused-ring (bicyclic) bond motifs is 2. The van der Waals surface area contributed by atoms with Crippen LogP contribution < -0.4 is 10.1 Å². The van der Waals surface area contributed by atoms with E-state index < -0.39 is 10.0 Å². The predicted octanol–water partition coefficient (Wildman–Crippen LogP) is 2.28. The Morgan fingerprint density at radius 1 is 1.11 bits per heavy atom. The maximum Gasteiger partial charge on any atom is 0.251 e. The van der Waals surface area contributed by atoms with Gasteiger partial charge in [-0.2, -0.15) is 4.31 Å². The molecule has 2 bridgehead atoms. The number of amides is 1. The van der Waals surface area contributed by atoms with Gasteiger partial charge in [-0.25, -0.2) is 8.42 Å². The number of piperidine rings is 1. The first kappa shape index (κ1) is 18.0. The number of methoxy groups -OCH3 is 1. The number of nitrogens with zero attached hydrogens (tertiary/aromatic N) is 1. The largest absolute Gasteiger partial charge is 0.497 e. The van der Waals surface area contributed by atoms with Crippen molar-refractivity contribution in [3.8, 4) is 5.75 Å². The first-order valence-corrected chi connectivity index (χ1v) is 10.4. The number of ether oxygens (including phenoxy) is 1. The maximum atomic E-state index is 13.2. The number of carbonyl (C=O) groups is 1. The van der Waals surface area contributed by atoms with E-state index in [4.69, 9.17) is 4.74 Å². The van der Waals surface area contributed by atoms with Crippen LogP contribution in [0.5, 0.6) is 5.75 Å². The molecule has 4 rings (SSSR count). The molecular weight excluding hydrogens is 364 g/mol. The minimum atomic E-state index is -3.63. The highest BCUT2D eigenvalue weighted by Gasteiger charge is 2.50. The molecule has 142 valence electrons. The van der Waals surface area contributed by atoms with Gasteiger partial charge in [-0.1, -0.05) is 24.3 Å². The molecule has 2 aliphatic rings. The summed E-state index contributed by atoms with van der Waals surface area (Å²) in [5.74, 6) is 0.623. The van der Waals surface area contributed by atoms with Crippen LogP contribution in [-0.2, 0) is 10.0 Å². The second-order valence-corrected chi connectivity index (χ2v) is 9.00. The highest BCUT2D eigenvalue weighted by atomic mass is 32.2. The first-order chi connectivity index (χ1) is 13.0. The molecule has 2 fully saturated rings. The zero-order valence-electron chi connectivity index (χ0n) is 15.0. The maximum absolute atomic E-state index is 13.2. The summed E-state index contributed by atoms with van der Waals surface area (Å²) in [6, 6.07) is 15.1. The van der Waals surface area contributed by atoms with Gasteiger partial charge < -0.3 is 10.1 Å². The molecule has 7 heteroatoms. The van der Waals surface area contributed by atoms with Crippen molar-refractivity contribution in [3.63, 3.8) is 0 Å². The van der Waals surface area contributed by atoms with Crippen LogP contribution in [-0.4, -0.2) is 44.4 Å². The lowest BCUT2D eigenvalue weighted by atomic mass is 10.1. The topological polar surface area (TPSA) is 75.7 Å². The van der Waals surface area contributed by atoms with Crippen LogP contribution in [0.25, 0.3) is 0 Å². The molecule has 1 N–H and O–H groups in total. The van der Waals surface area contributed by atoms with Crippen molar-refractivity contribution < 1.29 is 17.9 Å². The zero-order valence-corrected chi connectivity index (χ0v) is 15.9. The van der Waals surface area contributed by atoms with E-state index in [9.17, 15) is 13.2 Å². The van der Waals surface area contributed by atoms with Gasteiger partial charge in [-0.05, 0) is 43.0 Å². The third kappa shape index (κ3) is 3.33. The van der Waals surface area contributed by atoms with Gasteiger partial charge in [-0.15, -0.1) is 0 Å². The van der Waals surface area contributed by atoms with Crippen LogP contribution in [0.3, 0.4) is 0 Å². The number of sulfonamides is 1. The summed E-state index contributed by atoms with van der Waals surface area (Å²) in [5, 5.41) is 3.03. The molecule has 1 heterocycles. The molecule has 1 saturated heterocycles. The Bertz CT molecular complexity index is 945. The van der Waals surface area contributed by atoms with Crippen LogP contribution in [0.4, 0.5) is 0 Å². The summed E-state index contributed by atoms with van der Waals surface area (Å²) in [7, 11) is -2.12. The van der Waals surface area contributed by atoms with Gasteiger partial charge in [0.25, 0.3) is 5.91 Å². The van der Waals surface area contributed by atoms with Crippen molar-refractivity contribution in [2.45, 2.75) is 29.8 Å².